The minimum Gasteiger partial charge on any atom is -1.00 e. The average molecular weight is 653 g/mol. The summed E-state index contributed by atoms with van der Waals surface area (Å²) in [6.07, 6.45) is -0.173. The van der Waals surface area contributed by atoms with Gasteiger partial charge in [0.25, 0.3) is 0 Å². The van der Waals surface area contributed by atoms with E-state index in [1.165, 1.54) is 11.1 Å². The smallest absolute Gasteiger partial charge is 1.00 e. The summed E-state index contributed by atoms with van der Waals surface area (Å²) < 4.78 is 9.59. The number of nitrogens with zero attached hydrogens (tertiary/aromatic N) is 4. The maximum absolute atomic E-state index is 5.58. The molecule has 2 heterocycles. The van der Waals surface area contributed by atoms with Gasteiger partial charge < -0.3 is 40.5 Å². The molecule has 0 bridgehead atoms. The van der Waals surface area contributed by atoms with Crippen molar-refractivity contribution in [2.75, 3.05) is 7.11 Å². The molecule has 4 N–H and O–H groups in total. The van der Waals surface area contributed by atoms with Crippen molar-refractivity contribution in [3.05, 3.63) is 100 Å². The fourth-order valence-corrected chi connectivity index (χ4v) is 3.99. The standard InChI is InChI=1S/C18H22N4O.C10H14.2ClH.2H2O.Ru/c1-12-10-14(3)21(19-12)18(22-15(4)11-13(2)20-22)16-8-6-7-9-17(16)23-5;1-8(2)10-6-4-9(3)5-7-10;;;;;/h6-11,18H,1-5H3;4-8H,1-3H3;2*1H;2*1H2;/q;;;;;;+2/p-2. The van der Waals surface area contributed by atoms with E-state index < -0.39 is 0 Å². The average Bonchev–Trinajstić information content (AvgIpc) is 3.29. The van der Waals surface area contributed by atoms with Gasteiger partial charge in [-0.3, -0.25) is 0 Å². The zero-order valence-electron chi connectivity index (χ0n) is 23.2. The van der Waals surface area contributed by atoms with Gasteiger partial charge in [0, 0.05) is 17.0 Å². The predicted molar refractivity (Wildman–Crippen MR) is 142 cm³/mol. The third-order valence-electron chi connectivity index (χ3n) is 5.71. The summed E-state index contributed by atoms with van der Waals surface area (Å²) in [4.78, 5) is 0. The first-order valence-corrected chi connectivity index (χ1v) is 11.5. The van der Waals surface area contributed by atoms with Crippen molar-refractivity contribution in [2.45, 2.75) is 60.5 Å². The van der Waals surface area contributed by atoms with Crippen molar-refractivity contribution in [3.8, 4) is 5.75 Å². The summed E-state index contributed by atoms with van der Waals surface area (Å²) in [5.74, 6) is 1.48. The van der Waals surface area contributed by atoms with Gasteiger partial charge in [-0.15, -0.1) is 0 Å². The van der Waals surface area contributed by atoms with E-state index in [-0.39, 0.29) is 61.4 Å². The number of benzene rings is 2. The zero-order valence-corrected chi connectivity index (χ0v) is 26.5. The molecule has 2 aromatic carbocycles. The van der Waals surface area contributed by atoms with Crippen LogP contribution in [0.25, 0.3) is 0 Å². The van der Waals surface area contributed by atoms with E-state index in [0.29, 0.717) is 5.92 Å². The molecule has 0 radical (unpaired) electrons. The van der Waals surface area contributed by atoms with Crippen molar-refractivity contribution < 1.29 is 60.0 Å². The molecule has 4 aromatic rings. The van der Waals surface area contributed by atoms with Gasteiger partial charge in [-0.05, 0) is 64.3 Å². The minimum atomic E-state index is -0.173. The number of methoxy groups -OCH3 is 1. The molecule has 212 valence electrons. The van der Waals surface area contributed by atoms with E-state index in [0.717, 1.165) is 34.1 Å². The Balaban J connectivity index is -0.000000708. The van der Waals surface area contributed by atoms with E-state index in [2.05, 4.69) is 87.3 Å². The Morgan fingerprint density at radius 2 is 1.16 bits per heavy atom. The molecule has 2 aromatic heterocycles. The van der Waals surface area contributed by atoms with Crippen LogP contribution in [-0.2, 0) is 19.5 Å². The summed E-state index contributed by atoms with van der Waals surface area (Å²) >= 11 is 0. The second-order valence-corrected chi connectivity index (χ2v) is 8.92. The molecule has 0 fully saturated rings. The Labute approximate surface area is 252 Å². The number of aryl methyl sites for hydroxylation is 5. The quantitative estimate of drug-likeness (QED) is 0.256. The van der Waals surface area contributed by atoms with Crippen LogP contribution in [0.3, 0.4) is 0 Å². The molecule has 0 aliphatic heterocycles. The van der Waals surface area contributed by atoms with Gasteiger partial charge in [0.1, 0.15) is 5.75 Å². The molecule has 0 spiro atoms. The largest absolute Gasteiger partial charge is 2.00 e. The second-order valence-electron chi connectivity index (χ2n) is 8.92. The minimum absolute atomic E-state index is 0. The number of hydrogen-bond donors (Lipinski definition) is 0. The molecule has 10 heteroatoms. The van der Waals surface area contributed by atoms with E-state index in [1.807, 2.05) is 41.4 Å². The van der Waals surface area contributed by atoms with Gasteiger partial charge in [-0.2, -0.15) is 10.2 Å². The van der Waals surface area contributed by atoms with Crippen molar-refractivity contribution >= 4 is 0 Å². The van der Waals surface area contributed by atoms with E-state index >= 15 is 0 Å². The van der Waals surface area contributed by atoms with Gasteiger partial charge in [0.05, 0.1) is 18.5 Å². The van der Waals surface area contributed by atoms with Crippen LogP contribution in [0.2, 0.25) is 0 Å². The molecule has 0 saturated heterocycles. The van der Waals surface area contributed by atoms with Crippen molar-refractivity contribution in [1.29, 1.82) is 0 Å². The van der Waals surface area contributed by atoms with Crippen molar-refractivity contribution in [3.63, 3.8) is 0 Å². The summed E-state index contributed by atoms with van der Waals surface area (Å²) in [5.41, 5.74) is 7.95. The molecule has 0 saturated carbocycles. The molecule has 0 aliphatic carbocycles. The summed E-state index contributed by atoms with van der Waals surface area (Å²) in [6.45, 7) is 14.7. The number of ether oxygens (including phenoxy) is 1. The normalized spacial score (nSPS) is 9.53. The summed E-state index contributed by atoms with van der Waals surface area (Å²) in [5, 5.41) is 9.38. The van der Waals surface area contributed by atoms with Crippen LogP contribution in [0.5, 0.6) is 5.75 Å². The Hall–Kier alpha value is -2.22. The van der Waals surface area contributed by atoms with Gasteiger partial charge in [-0.1, -0.05) is 61.9 Å². The van der Waals surface area contributed by atoms with Gasteiger partial charge in [0.2, 0.25) is 0 Å². The monoisotopic (exact) mass is 652 g/mol. The molecule has 0 unspecified atom stereocenters. The zero-order chi connectivity index (χ0) is 24.1. The maximum atomic E-state index is 5.58. The molecule has 4 rings (SSSR count). The second kappa shape index (κ2) is 18.1. The first-order valence-electron chi connectivity index (χ1n) is 11.5. The topological polar surface area (TPSA) is 108 Å². The van der Waals surface area contributed by atoms with E-state index in [1.54, 1.807) is 7.11 Å². The number of halogens is 2. The van der Waals surface area contributed by atoms with Crippen LogP contribution in [0.4, 0.5) is 0 Å². The van der Waals surface area contributed by atoms with E-state index in [9.17, 15) is 0 Å². The van der Waals surface area contributed by atoms with Crippen LogP contribution >= 0.6 is 0 Å². The third kappa shape index (κ3) is 9.83. The first-order chi connectivity index (χ1) is 15.7. The molecule has 0 amide bonds. The first kappa shape index (κ1) is 40.3. The molecule has 38 heavy (non-hydrogen) atoms. The van der Waals surface area contributed by atoms with Crippen molar-refractivity contribution in [1.82, 2.24) is 19.6 Å². The number of hydrogen-bond acceptors (Lipinski definition) is 3. The molecular formula is C28H40Cl2N4O3Ru. The number of aromatic nitrogens is 4. The Morgan fingerprint density at radius 1 is 0.711 bits per heavy atom. The molecule has 0 aliphatic rings. The van der Waals surface area contributed by atoms with Gasteiger partial charge >= 0.3 is 19.5 Å². The summed E-state index contributed by atoms with van der Waals surface area (Å²) in [6, 6.07) is 20.9. The van der Waals surface area contributed by atoms with Crippen molar-refractivity contribution in [2.24, 2.45) is 0 Å². The molecular weight excluding hydrogens is 612 g/mol. The maximum Gasteiger partial charge on any atom is 2.00 e. The van der Waals surface area contributed by atoms with Crippen LogP contribution in [0.1, 0.15) is 65.4 Å². The van der Waals surface area contributed by atoms with Crippen LogP contribution < -0.4 is 29.6 Å². The number of para-hydroxylation sites is 1. The van der Waals surface area contributed by atoms with E-state index in [4.69, 9.17) is 4.74 Å². The van der Waals surface area contributed by atoms with Crippen LogP contribution in [0.15, 0.2) is 60.7 Å². The Kier molecular flexibility index (Phi) is 19.2. The SMILES string of the molecule is COc1ccccc1C(n1nc(C)cc1C)n1nc(C)cc1C.Cc1ccc(C(C)C)cc1.O.O.[Cl-].[Cl-].[Ru+2]. The Morgan fingerprint density at radius 3 is 1.53 bits per heavy atom. The fraction of sp³-hybridized carbons (Fsp3) is 0.357. The summed E-state index contributed by atoms with van der Waals surface area (Å²) in [7, 11) is 1.69. The fourth-order valence-electron chi connectivity index (χ4n) is 3.99. The molecule has 0 atom stereocenters. The van der Waals surface area contributed by atoms with Crippen LogP contribution in [-0.4, -0.2) is 37.6 Å². The predicted octanol–water partition coefficient (Wildman–Crippen LogP) is -1.11. The van der Waals surface area contributed by atoms with Gasteiger partial charge in [0.15, 0.2) is 6.17 Å². The van der Waals surface area contributed by atoms with Gasteiger partial charge in [-0.25, -0.2) is 9.36 Å². The third-order valence-corrected chi connectivity index (χ3v) is 5.71. The molecule has 7 nitrogen and oxygen atoms in total. The number of rotatable bonds is 5. The van der Waals surface area contributed by atoms with Crippen LogP contribution in [0, 0.1) is 34.6 Å². The Bertz CT molecular complexity index is 1170.